The monoisotopic (exact) mass is 946 g/mol. The summed E-state index contributed by atoms with van der Waals surface area (Å²) in [7, 11) is 0. The van der Waals surface area contributed by atoms with Crippen molar-refractivity contribution in [2.75, 3.05) is 4.90 Å². The topological polar surface area (TPSA) is 21.3 Å². The number of anilines is 2. The van der Waals surface area contributed by atoms with Gasteiger partial charge in [0.25, 0.3) is 0 Å². The Morgan fingerprint density at radius 3 is 1.68 bits per heavy atom. The molecule has 1 aliphatic rings. The zero-order valence-electron chi connectivity index (χ0n) is 40.9. The van der Waals surface area contributed by atoms with Gasteiger partial charge in [0, 0.05) is 55.8 Å². The van der Waals surface area contributed by atoms with Gasteiger partial charge >= 0.3 is 0 Å². The molecule has 2 heterocycles. The molecule has 1 aliphatic carbocycles. The molecule has 3 heteroatoms. The van der Waals surface area contributed by atoms with Crippen molar-refractivity contribution in [3.8, 4) is 50.2 Å². The normalized spacial score (nSPS) is 14.6. The van der Waals surface area contributed by atoms with Crippen LogP contribution in [0.4, 0.5) is 11.4 Å². The maximum Gasteiger partial charge on any atom is 0.139 e. The van der Waals surface area contributed by atoms with E-state index in [0.717, 1.165) is 44.7 Å². The molecule has 2 unspecified atom stereocenters. The Morgan fingerprint density at radius 1 is 0.392 bits per heavy atom. The van der Waals surface area contributed by atoms with Gasteiger partial charge in [-0.25, -0.2) is 0 Å². The molecular weight excluding hydrogens is 897 g/mol. The molecule has 0 radical (unpaired) electrons. The number of aromatic nitrogens is 1. The molecule has 0 spiro atoms. The van der Waals surface area contributed by atoms with Crippen molar-refractivity contribution < 1.29 is 4.42 Å². The first-order chi connectivity index (χ1) is 36.6. The number of furan rings is 1. The van der Waals surface area contributed by atoms with E-state index in [1.54, 1.807) is 0 Å². The minimum atomic E-state index is 0.154. The Kier molecular flexibility index (Phi) is 10.5. The summed E-state index contributed by atoms with van der Waals surface area (Å²) in [6.45, 7) is 2.33. The summed E-state index contributed by atoms with van der Waals surface area (Å²) in [6, 6.07) is 92.5. The second kappa shape index (κ2) is 18.0. The Hall–Kier alpha value is -9.44. The zero-order valence-corrected chi connectivity index (χ0v) is 40.9. The number of hydrogen-bond donors (Lipinski definition) is 0. The lowest BCUT2D eigenvalue weighted by Crippen LogP contribution is -2.20. The molecule has 74 heavy (non-hydrogen) atoms. The number of allylic oxidation sites excluding steroid dienone is 3. The second-order valence-corrected chi connectivity index (χ2v) is 19.7. The van der Waals surface area contributed by atoms with Crippen molar-refractivity contribution in [3.05, 3.63) is 284 Å². The van der Waals surface area contributed by atoms with E-state index in [4.69, 9.17) is 4.42 Å². The SMILES string of the molecule is CC1C=C(N(c2ccc(-c3ccc(-c4cccc(-c5ccc6ccccc6c5)c4)cc3)cc2)c2ccc(-c3ccc4c(c3)c3ccccc3n4-c3ccccc3)cc2)C=CC1c1cccc2c1oc1ccccc12. The van der Waals surface area contributed by atoms with E-state index in [-0.39, 0.29) is 11.8 Å². The highest BCUT2D eigenvalue weighted by Gasteiger charge is 2.26. The third-order valence-electron chi connectivity index (χ3n) is 15.3. The van der Waals surface area contributed by atoms with Crippen molar-refractivity contribution in [2.24, 2.45) is 5.92 Å². The molecule has 0 saturated heterocycles. The first kappa shape index (κ1) is 43.4. The first-order valence-electron chi connectivity index (χ1n) is 25.7. The summed E-state index contributed by atoms with van der Waals surface area (Å²) in [5, 5.41) is 7.32. The van der Waals surface area contributed by atoms with Crippen LogP contribution in [0.25, 0.3) is 105 Å². The predicted molar refractivity (Wildman–Crippen MR) is 311 cm³/mol. The fourth-order valence-corrected chi connectivity index (χ4v) is 11.5. The Bertz CT molecular complexity index is 4310. The lowest BCUT2D eigenvalue weighted by Gasteiger charge is -2.31. The van der Waals surface area contributed by atoms with Gasteiger partial charge in [-0.2, -0.15) is 0 Å². The van der Waals surface area contributed by atoms with Gasteiger partial charge in [-0.15, -0.1) is 0 Å². The Labute approximate surface area is 430 Å². The molecular formula is C71H50N2O. The van der Waals surface area contributed by atoms with Crippen LogP contribution in [0.2, 0.25) is 0 Å². The summed E-state index contributed by atoms with van der Waals surface area (Å²) >= 11 is 0. The summed E-state index contributed by atoms with van der Waals surface area (Å²) in [5.41, 5.74) is 19.6. The summed E-state index contributed by atoms with van der Waals surface area (Å²) < 4.78 is 8.93. The van der Waals surface area contributed by atoms with E-state index < -0.39 is 0 Å². The average Bonchev–Trinajstić information content (AvgIpc) is 4.02. The third kappa shape index (κ3) is 7.61. The van der Waals surface area contributed by atoms with E-state index in [2.05, 4.69) is 283 Å². The fraction of sp³-hybridized carbons (Fsp3) is 0.0423. The summed E-state index contributed by atoms with van der Waals surface area (Å²) in [6.07, 6.45) is 7.11. The van der Waals surface area contributed by atoms with Gasteiger partial charge in [-0.05, 0) is 140 Å². The van der Waals surface area contributed by atoms with Crippen LogP contribution in [0.1, 0.15) is 18.4 Å². The molecule has 0 aliphatic heterocycles. The highest BCUT2D eigenvalue weighted by atomic mass is 16.3. The number of hydrogen-bond acceptors (Lipinski definition) is 2. The van der Waals surface area contributed by atoms with Gasteiger partial charge in [-0.3, -0.25) is 0 Å². The molecule has 350 valence electrons. The van der Waals surface area contributed by atoms with Crippen LogP contribution in [-0.2, 0) is 0 Å². The number of nitrogens with zero attached hydrogens (tertiary/aromatic N) is 2. The van der Waals surface area contributed by atoms with Crippen molar-refractivity contribution in [3.63, 3.8) is 0 Å². The number of para-hydroxylation sites is 4. The van der Waals surface area contributed by atoms with E-state index in [1.165, 1.54) is 82.6 Å². The first-order valence-corrected chi connectivity index (χ1v) is 25.7. The van der Waals surface area contributed by atoms with Gasteiger partial charge in [-0.1, -0.05) is 201 Å². The van der Waals surface area contributed by atoms with Crippen LogP contribution in [-0.4, -0.2) is 4.57 Å². The quantitative estimate of drug-likeness (QED) is 0.144. The van der Waals surface area contributed by atoms with Gasteiger partial charge in [0.05, 0.1) is 11.0 Å². The fourth-order valence-electron chi connectivity index (χ4n) is 11.5. The third-order valence-corrected chi connectivity index (χ3v) is 15.3. The number of benzene rings is 11. The van der Waals surface area contributed by atoms with Crippen molar-refractivity contribution >= 4 is 65.9 Å². The number of fused-ring (bicyclic) bond motifs is 7. The van der Waals surface area contributed by atoms with Crippen LogP contribution in [0.15, 0.2) is 283 Å². The van der Waals surface area contributed by atoms with Gasteiger partial charge < -0.3 is 13.9 Å². The number of rotatable bonds is 9. The molecule has 3 nitrogen and oxygen atoms in total. The highest BCUT2D eigenvalue weighted by molar-refractivity contribution is 6.10. The van der Waals surface area contributed by atoms with Crippen molar-refractivity contribution in [1.82, 2.24) is 4.57 Å². The lowest BCUT2D eigenvalue weighted by molar-refractivity contribution is 0.607. The Balaban J connectivity index is 0.793. The maximum atomic E-state index is 6.56. The van der Waals surface area contributed by atoms with Gasteiger partial charge in [0.15, 0.2) is 0 Å². The minimum absolute atomic E-state index is 0.154. The molecule has 2 atom stereocenters. The molecule has 11 aromatic carbocycles. The molecule has 0 saturated carbocycles. The van der Waals surface area contributed by atoms with Crippen molar-refractivity contribution in [1.29, 1.82) is 0 Å². The molecule has 2 aromatic heterocycles. The molecule has 0 N–H and O–H groups in total. The van der Waals surface area contributed by atoms with Gasteiger partial charge in [0.1, 0.15) is 11.2 Å². The van der Waals surface area contributed by atoms with Crippen LogP contribution in [0.5, 0.6) is 0 Å². The van der Waals surface area contributed by atoms with Crippen LogP contribution in [0, 0.1) is 5.92 Å². The maximum absolute atomic E-state index is 6.56. The van der Waals surface area contributed by atoms with Crippen molar-refractivity contribution in [2.45, 2.75) is 12.8 Å². The van der Waals surface area contributed by atoms with Crippen LogP contribution < -0.4 is 4.90 Å². The van der Waals surface area contributed by atoms with Crippen LogP contribution in [0.3, 0.4) is 0 Å². The van der Waals surface area contributed by atoms with E-state index >= 15 is 0 Å². The smallest absolute Gasteiger partial charge is 0.139 e. The summed E-state index contributed by atoms with van der Waals surface area (Å²) in [4.78, 5) is 2.40. The van der Waals surface area contributed by atoms with E-state index in [9.17, 15) is 0 Å². The molecule has 14 rings (SSSR count). The van der Waals surface area contributed by atoms with E-state index in [1.807, 2.05) is 6.07 Å². The summed E-state index contributed by atoms with van der Waals surface area (Å²) in [5.74, 6) is 0.355. The largest absolute Gasteiger partial charge is 0.456 e. The van der Waals surface area contributed by atoms with Crippen LogP contribution >= 0.6 is 0 Å². The molecule has 0 bridgehead atoms. The lowest BCUT2D eigenvalue weighted by atomic mass is 9.82. The van der Waals surface area contributed by atoms with E-state index in [0.29, 0.717) is 0 Å². The zero-order chi connectivity index (χ0) is 49.1. The molecule has 0 fully saturated rings. The average molecular weight is 947 g/mol. The minimum Gasteiger partial charge on any atom is -0.456 e. The Morgan fingerprint density at radius 2 is 0.932 bits per heavy atom. The standard InChI is InChI=1S/C71H50N2O/c1-47-43-61(40-41-62(47)65-21-12-22-66-64-20-8-10-24-70(64)74-71(65)66)72(60-38-33-52(34-39-60)57-35-42-69-67(46-57)63-19-7-9-23-68(63)73(69)58-17-3-2-4-18-58)59-36-31-50(32-37-59)49-25-27-51(28-26-49)54-15-11-16-55(44-54)56-30-29-48-13-5-6-14-53(48)45-56/h2-47,62H,1H3. The highest BCUT2D eigenvalue weighted by Crippen LogP contribution is 2.43. The molecule has 13 aromatic rings. The second-order valence-electron chi connectivity index (χ2n) is 19.7. The molecule has 0 amide bonds. The predicted octanol–water partition coefficient (Wildman–Crippen LogP) is 19.5. The van der Waals surface area contributed by atoms with Gasteiger partial charge in [0.2, 0.25) is 0 Å².